The van der Waals surface area contributed by atoms with Crippen LogP contribution in [0.3, 0.4) is 0 Å². The summed E-state index contributed by atoms with van der Waals surface area (Å²) < 4.78 is 22.1. The van der Waals surface area contributed by atoms with Crippen molar-refractivity contribution < 1.29 is 33.3 Å². The summed E-state index contributed by atoms with van der Waals surface area (Å²) in [6.45, 7) is 0.110. The Morgan fingerprint density at radius 1 is 0.806 bits per heavy atom. The molecule has 0 spiro atoms. The molecule has 3 aliphatic heterocycles. The number of allylic oxidation sites excluding steroid dienone is 2. The summed E-state index contributed by atoms with van der Waals surface area (Å²) in [6, 6.07) is 9.04. The lowest BCUT2D eigenvalue weighted by Crippen LogP contribution is -2.67. The van der Waals surface area contributed by atoms with E-state index in [-0.39, 0.29) is 48.2 Å². The van der Waals surface area contributed by atoms with Gasteiger partial charge in [-0.15, -0.1) is 0 Å². The highest BCUT2D eigenvalue weighted by Gasteiger charge is 2.65. The van der Waals surface area contributed by atoms with E-state index in [1.165, 1.54) is 19.1 Å². The summed E-state index contributed by atoms with van der Waals surface area (Å²) in [4.78, 5) is 43.9. The molecule has 2 bridgehead atoms. The Labute approximate surface area is 207 Å². The van der Waals surface area contributed by atoms with E-state index in [1.807, 2.05) is 18.2 Å². The minimum atomic E-state index is -0.971. The second kappa shape index (κ2) is 7.49. The lowest BCUT2D eigenvalue weighted by atomic mass is 9.85. The molecule has 0 radical (unpaired) electrons. The zero-order chi connectivity index (χ0) is 24.7. The van der Waals surface area contributed by atoms with E-state index in [0.717, 1.165) is 6.42 Å². The molecule has 6 atom stereocenters. The van der Waals surface area contributed by atoms with Gasteiger partial charge >= 0.3 is 0 Å². The van der Waals surface area contributed by atoms with Crippen LogP contribution in [-0.2, 0) is 14.4 Å². The SMILES string of the molecule is COc1cccc(C2C(N3C(=O)C4C5C=CC(C5)C4C3=O)C(=O)N2c2ccc3c(c2)OCO3)c1OC. The number of β-lactam (4-membered cyclic amide) rings is 1. The predicted molar refractivity (Wildman–Crippen MR) is 126 cm³/mol. The van der Waals surface area contributed by atoms with Crippen molar-refractivity contribution in [3.63, 3.8) is 0 Å². The van der Waals surface area contributed by atoms with E-state index >= 15 is 0 Å². The van der Waals surface area contributed by atoms with Gasteiger partial charge in [0.05, 0.1) is 32.1 Å². The molecule has 0 aromatic heterocycles. The molecule has 3 amide bonds. The van der Waals surface area contributed by atoms with Crippen LogP contribution in [0.15, 0.2) is 48.6 Å². The number of imide groups is 1. The van der Waals surface area contributed by atoms with Gasteiger partial charge in [0.1, 0.15) is 6.04 Å². The van der Waals surface area contributed by atoms with E-state index < -0.39 is 12.1 Å². The zero-order valence-corrected chi connectivity index (χ0v) is 19.7. The third kappa shape index (κ3) is 2.62. The Bertz CT molecular complexity index is 1320. The number of ether oxygens (including phenoxy) is 4. The zero-order valence-electron chi connectivity index (χ0n) is 19.7. The molecule has 1 saturated carbocycles. The molecule has 6 unspecified atom stereocenters. The largest absolute Gasteiger partial charge is 0.493 e. The Morgan fingerprint density at radius 2 is 1.53 bits per heavy atom. The topological polar surface area (TPSA) is 94.6 Å². The number of benzene rings is 2. The van der Waals surface area contributed by atoms with Crippen LogP contribution in [0.4, 0.5) is 5.69 Å². The first-order valence-electron chi connectivity index (χ1n) is 12.0. The van der Waals surface area contributed by atoms with Crippen LogP contribution in [0.2, 0.25) is 0 Å². The molecule has 2 aromatic rings. The van der Waals surface area contributed by atoms with Crippen LogP contribution < -0.4 is 23.8 Å². The van der Waals surface area contributed by atoms with Gasteiger partial charge < -0.3 is 23.8 Å². The van der Waals surface area contributed by atoms with Crippen molar-refractivity contribution >= 4 is 23.4 Å². The summed E-state index contributed by atoms with van der Waals surface area (Å²) >= 11 is 0. The highest BCUT2D eigenvalue weighted by molar-refractivity contribution is 6.15. The Balaban J connectivity index is 1.33. The lowest BCUT2D eigenvalue weighted by molar-refractivity contribution is -0.153. The van der Waals surface area contributed by atoms with E-state index in [2.05, 4.69) is 0 Å². The molecule has 5 aliphatic rings. The van der Waals surface area contributed by atoms with Crippen molar-refractivity contribution in [3.05, 3.63) is 54.1 Å². The number of amides is 3. The molecular formula is C27H24N2O7. The van der Waals surface area contributed by atoms with Crippen LogP contribution in [0.25, 0.3) is 0 Å². The molecule has 36 heavy (non-hydrogen) atoms. The molecule has 3 fully saturated rings. The monoisotopic (exact) mass is 488 g/mol. The first-order chi connectivity index (χ1) is 17.5. The summed E-state index contributed by atoms with van der Waals surface area (Å²) in [5.41, 5.74) is 1.23. The van der Waals surface area contributed by atoms with Crippen molar-refractivity contribution in [3.8, 4) is 23.0 Å². The maximum atomic E-state index is 13.8. The minimum absolute atomic E-state index is 0.0615. The number of likely N-dealkylation sites (tertiary alicyclic amines) is 1. The van der Waals surface area contributed by atoms with Crippen LogP contribution in [0, 0.1) is 23.7 Å². The fraction of sp³-hybridized carbons (Fsp3) is 0.370. The Hall–Kier alpha value is -4.01. The number of anilines is 1. The standard InChI is InChI=1S/C27H24N2O7/c1-33-18-5-3-4-16(24(18)34-2)22-23(27(32)28(22)15-8-9-17-19(11-15)36-12-35-17)29-25(30)20-13-6-7-14(10-13)21(20)26(29)31/h3-9,11,13-14,20-23H,10,12H2,1-2H3. The molecule has 9 heteroatoms. The van der Waals surface area contributed by atoms with Gasteiger partial charge in [-0.05, 0) is 36.5 Å². The smallest absolute Gasteiger partial charge is 0.253 e. The van der Waals surface area contributed by atoms with Crippen LogP contribution in [-0.4, -0.2) is 49.7 Å². The number of methoxy groups -OCH3 is 2. The minimum Gasteiger partial charge on any atom is -0.493 e. The predicted octanol–water partition coefficient (Wildman–Crippen LogP) is 2.70. The summed E-state index contributed by atoms with van der Waals surface area (Å²) in [5.74, 6) is 0.607. The third-order valence-electron chi connectivity index (χ3n) is 8.24. The van der Waals surface area contributed by atoms with E-state index in [9.17, 15) is 14.4 Å². The summed E-state index contributed by atoms with van der Waals surface area (Å²) in [5, 5.41) is 0. The summed E-state index contributed by atoms with van der Waals surface area (Å²) in [7, 11) is 3.07. The first-order valence-corrected chi connectivity index (χ1v) is 12.0. The quantitative estimate of drug-likeness (QED) is 0.363. The first kappa shape index (κ1) is 21.3. The molecule has 0 N–H and O–H groups in total. The second-order valence-corrected chi connectivity index (χ2v) is 9.76. The molecule has 7 rings (SSSR count). The average molecular weight is 488 g/mol. The van der Waals surface area contributed by atoms with Crippen molar-refractivity contribution in [2.45, 2.75) is 18.5 Å². The van der Waals surface area contributed by atoms with Crippen molar-refractivity contribution in [2.75, 3.05) is 25.9 Å². The number of carbonyl (C=O) groups is 3. The van der Waals surface area contributed by atoms with Crippen molar-refractivity contribution in [2.24, 2.45) is 23.7 Å². The highest BCUT2D eigenvalue weighted by atomic mass is 16.7. The van der Waals surface area contributed by atoms with Crippen LogP contribution >= 0.6 is 0 Å². The maximum absolute atomic E-state index is 13.8. The lowest BCUT2D eigenvalue weighted by Gasteiger charge is -2.50. The number of hydrogen-bond donors (Lipinski definition) is 0. The van der Waals surface area contributed by atoms with Crippen LogP contribution in [0.5, 0.6) is 23.0 Å². The van der Waals surface area contributed by atoms with Crippen molar-refractivity contribution in [1.29, 1.82) is 0 Å². The fourth-order valence-corrected chi connectivity index (χ4v) is 6.70. The van der Waals surface area contributed by atoms with Gasteiger partial charge in [-0.2, -0.15) is 0 Å². The normalized spacial score (nSPS) is 31.2. The highest BCUT2D eigenvalue weighted by Crippen LogP contribution is 2.56. The number of para-hydroxylation sites is 1. The van der Waals surface area contributed by atoms with Gasteiger partial charge in [0, 0.05) is 17.3 Å². The average Bonchev–Trinajstić information content (AvgIpc) is 3.67. The third-order valence-corrected chi connectivity index (χ3v) is 8.24. The van der Waals surface area contributed by atoms with E-state index in [0.29, 0.717) is 34.2 Å². The van der Waals surface area contributed by atoms with Crippen molar-refractivity contribution in [1.82, 2.24) is 4.90 Å². The van der Waals surface area contributed by atoms with Gasteiger partial charge in [0.2, 0.25) is 18.6 Å². The molecule has 3 heterocycles. The number of fused-ring (bicyclic) bond motifs is 6. The molecule has 9 nitrogen and oxygen atoms in total. The number of rotatable bonds is 5. The van der Waals surface area contributed by atoms with Gasteiger partial charge in [0.15, 0.2) is 23.0 Å². The van der Waals surface area contributed by atoms with E-state index in [1.54, 1.807) is 35.2 Å². The summed E-state index contributed by atoms with van der Waals surface area (Å²) in [6.07, 6.45) is 4.92. The van der Waals surface area contributed by atoms with Gasteiger partial charge in [-0.1, -0.05) is 24.3 Å². The Morgan fingerprint density at radius 3 is 2.22 bits per heavy atom. The molecular weight excluding hydrogens is 464 g/mol. The van der Waals surface area contributed by atoms with Gasteiger partial charge in [0.25, 0.3) is 5.91 Å². The van der Waals surface area contributed by atoms with E-state index in [4.69, 9.17) is 18.9 Å². The number of nitrogens with zero attached hydrogens (tertiary/aromatic N) is 2. The number of hydrogen-bond acceptors (Lipinski definition) is 7. The molecule has 2 saturated heterocycles. The van der Waals surface area contributed by atoms with Crippen LogP contribution in [0.1, 0.15) is 18.0 Å². The Kier molecular flexibility index (Phi) is 4.43. The second-order valence-electron chi connectivity index (χ2n) is 9.76. The molecule has 184 valence electrons. The van der Waals surface area contributed by atoms with Gasteiger partial charge in [-0.3, -0.25) is 19.3 Å². The van der Waals surface area contributed by atoms with Gasteiger partial charge in [-0.25, -0.2) is 0 Å². The molecule has 2 aliphatic carbocycles. The number of carbonyl (C=O) groups excluding carboxylic acids is 3. The molecule has 2 aromatic carbocycles. The fourth-order valence-electron chi connectivity index (χ4n) is 6.70. The maximum Gasteiger partial charge on any atom is 0.253 e.